The summed E-state index contributed by atoms with van der Waals surface area (Å²) < 4.78 is 2.20. The highest BCUT2D eigenvalue weighted by atomic mass is 16.1. The molecule has 0 spiro atoms. The quantitative estimate of drug-likeness (QED) is 0.948. The second kappa shape index (κ2) is 6.07. The summed E-state index contributed by atoms with van der Waals surface area (Å²) in [6, 6.07) is 10.5. The van der Waals surface area contributed by atoms with Crippen LogP contribution in [0, 0.1) is 0 Å². The molecular weight excluding hydrogens is 288 g/mol. The fourth-order valence-electron chi connectivity index (χ4n) is 3.77. The number of carbonyl (C=O) groups is 1. The smallest absolute Gasteiger partial charge is 0.253 e. The van der Waals surface area contributed by atoms with Gasteiger partial charge in [0.2, 0.25) is 0 Å². The third kappa shape index (κ3) is 2.71. The number of para-hydroxylation sites is 1. The van der Waals surface area contributed by atoms with Crippen molar-refractivity contribution in [2.45, 2.75) is 38.3 Å². The molecule has 1 aromatic carbocycles. The van der Waals surface area contributed by atoms with Crippen LogP contribution in [-0.4, -0.2) is 28.8 Å². The van der Waals surface area contributed by atoms with E-state index in [-0.39, 0.29) is 5.91 Å². The molecule has 120 valence electrons. The Morgan fingerprint density at radius 3 is 2.87 bits per heavy atom. The van der Waals surface area contributed by atoms with Crippen LogP contribution >= 0.6 is 0 Å². The molecule has 4 rings (SSSR count). The van der Waals surface area contributed by atoms with Crippen molar-refractivity contribution in [3.63, 3.8) is 0 Å². The first-order valence-corrected chi connectivity index (χ1v) is 8.47. The molecule has 1 aromatic heterocycles. The van der Waals surface area contributed by atoms with E-state index >= 15 is 0 Å². The van der Waals surface area contributed by atoms with Crippen molar-refractivity contribution in [3.8, 4) is 0 Å². The third-order valence-corrected chi connectivity index (χ3v) is 4.93. The molecule has 1 N–H and O–H groups in total. The molecule has 1 saturated carbocycles. The predicted octanol–water partition coefficient (Wildman–Crippen LogP) is 2.75. The van der Waals surface area contributed by atoms with Crippen LogP contribution in [-0.2, 0) is 6.54 Å². The lowest BCUT2D eigenvalue weighted by molar-refractivity contribution is 0.0958. The molecule has 23 heavy (non-hydrogen) atoms. The van der Waals surface area contributed by atoms with Crippen molar-refractivity contribution < 1.29 is 4.79 Å². The number of hydrogen-bond acceptors (Lipinski definition) is 3. The van der Waals surface area contributed by atoms with Crippen molar-refractivity contribution in [1.82, 2.24) is 15.1 Å². The minimum atomic E-state index is 0.0207. The molecule has 1 fully saturated rings. The van der Waals surface area contributed by atoms with Gasteiger partial charge >= 0.3 is 0 Å². The number of rotatable bonds is 3. The minimum absolute atomic E-state index is 0.0207. The molecule has 0 radical (unpaired) electrons. The monoisotopic (exact) mass is 310 g/mol. The van der Waals surface area contributed by atoms with Gasteiger partial charge in [0.05, 0.1) is 23.8 Å². The fraction of sp³-hybridized carbons (Fsp3) is 0.444. The summed E-state index contributed by atoms with van der Waals surface area (Å²) in [6.45, 7) is 2.28. The van der Waals surface area contributed by atoms with Crippen LogP contribution in [0.25, 0.3) is 0 Å². The highest BCUT2D eigenvalue weighted by Crippen LogP contribution is 2.31. The first-order valence-electron chi connectivity index (χ1n) is 8.47. The molecule has 1 amide bonds. The number of hydrogen-bond donors (Lipinski definition) is 1. The van der Waals surface area contributed by atoms with E-state index in [4.69, 9.17) is 0 Å². The average molecular weight is 310 g/mol. The molecular formula is C18H22N4O. The van der Waals surface area contributed by atoms with Crippen LogP contribution in [0.5, 0.6) is 0 Å². The fourth-order valence-corrected chi connectivity index (χ4v) is 3.77. The number of nitrogens with one attached hydrogen (secondary N) is 1. The molecule has 0 bridgehead atoms. The van der Waals surface area contributed by atoms with E-state index in [2.05, 4.69) is 26.1 Å². The van der Waals surface area contributed by atoms with Gasteiger partial charge in [-0.05, 0) is 31.0 Å². The topological polar surface area (TPSA) is 50.2 Å². The number of anilines is 1. The number of benzene rings is 1. The zero-order chi connectivity index (χ0) is 15.6. The van der Waals surface area contributed by atoms with Crippen molar-refractivity contribution >= 4 is 11.6 Å². The molecule has 2 aliphatic rings. The lowest BCUT2D eigenvalue weighted by Crippen LogP contribution is -2.30. The van der Waals surface area contributed by atoms with Gasteiger partial charge in [0.15, 0.2) is 0 Å². The van der Waals surface area contributed by atoms with E-state index < -0.39 is 0 Å². The Morgan fingerprint density at radius 2 is 2.00 bits per heavy atom. The van der Waals surface area contributed by atoms with Gasteiger partial charge in [0.1, 0.15) is 0 Å². The van der Waals surface area contributed by atoms with E-state index in [1.165, 1.54) is 31.4 Å². The molecule has 1 aliphatic carbocycles. The summed E-state index contributed by atoms with van der Waals surface area (Å²) in [5.74, 6) is 0.0207. The average Bonchev–Trinajstić information content (AvgIpc) is 3.22. The number of aromatic nitrogens is 2. The van der Waals surface area contributed by atoms with Crippen LogP contribution in [0.15, 0.2) is 36.5 Å². The van der Waals surface area contributed by atoms with Crippen molar-refractivity contribution in [2.75, 3.05) is 18.0 Å². The molecule has 0 atom stereocenters. The Kier molecular flexibility index (Phi) is 3.77. The maximum absolute atomic E-state index is 12.2. The molecule has 5 heteroatoms. The Bertz CT molecular complexity index is 703. The van der Waals surface area contributed by atoms with Gasteiger partial charge in [-0.3, -0.25) is 9.48 Å². The van der Waals surface area contributed by atoms with E-state index in [1.54, 1.807) is 0 Å². The van der Waals surface area contributed by atoms with Crippen LogP contribution < -0.4 is 10.2 Å². The summed E-state index contributed by atoms with van der Waals surface area (Å²) in [5.41, 5.74) is 3.01. The number of amides is 1. The largest absolute Gasteiger partial charge is 0.363 e. The zero-order valence-electron chi connectivity index (χ0n) is 13.2. The molecule has 5 nitrogen and oxygen atoms in total. The maximum Gasteiger partial charge on any atom is 0.253 e. The van der Waals surface area contributed by atoms with Crippen molar-refractivity contribution in [2.24, 2.45) is 0 Å². The summed E-state index contributed by atoms with van der Waals surface area (Å²) in [7, 11) is 0. The first-order chi connectivity index (χ1) is 11.3. The minimum Gasteiger partial charge on any atom is -0.363 e. The number of nitrogens with zero attached hydrogens (tertiary/aromatic N) is 3. The predicted molar refractivity (Wildman–Crippen MR) is 89.6 cm³/mol. The van der Waals surface area contributed by atoms with Crippen LogP contribution in [0.1, 0.15) is 47.8 Å². The van der Waals surface area contributed by atoms with Gasteiger partial charge in [-0.15, -0.1) is 0 Å². The second-order valence-corrected chi connectivity index (χ2v) is 6.40. The third-order valence-electron chi connectivity index (χ3n) is 4.93. The standard InChI is InChI=1S/C18H22N4O/c23-18-16-7-3-4-8-17(16)21(12-11-19-18)13-15-9-10-20-22(15)14-5-1-2-6-14/h3-4,7-10,14H,1-2,5-6,11-13H2,(H,19,23). The van der Waals surface area contributed by atoms with Gasteiger partial charge < -0.3 is 10.2 Å². The lowest BCUT2D eigenvalue weighted by atomic mass is 10.1. The summed E-state index contributed by atoms with van der Waals surface area (Å²) in [4.78, 5) is 14.5. The van der Waals surface area contributed by atoms with E-state index in [1.807, 2.05) is 30.5 Å². The first kappa shape index (κ1) is 14.3. The zero-order valence-corrected chi connectivity index (χ0v) is 13.2. The normalized spacial score (nSPS) is 18.6. The highest BCUT2D eigenvalue weighted by molar-refractivity contribution is 6.00. The van der Waals surface area contributed by atoms with Gasteiger partial charge in [0.25, 0.3) is 5.91 Å². The van der Waals surface area contributed by atoms with Crippen LogP contribution in [0.4, 0.5) is 5.69 Å². The van der Waals surface area contributed by atoms with Gasteiger partial charge in [-0.25, -0.2) is 0 Å². The van der Waals surface area contributed by atoms with Crippen LogP contribution in [0.2, 0.25) is 0 Å². The van der Waals surface area contributed by atoms with Gasteiger partial charge in [-0.2, -0.15) is 5.10 Å². The van der Waals surface area contributed by atoms with Gasteiger partial charge in [-0.1, -0.05) is 25.0 Å². The summed E-state index contributed by atoms with van der Waals surface area (Å²) in [6.07, 6.45) is 6.96. The Morgan fingerprint density at radius 1 is 1.17 bits per heavy atom. The Labute approximate surface area is 136 Å². The molecule has 2 heterocycles. The highest BCUT2D eigenvalue weighted by Gasteiger charge is 2.23. The van der Waals surface area contributed by atoms with E-state index in [0.717, 1.165) is 24.3 Å². The van der Waals surface area contributed by atoms with E-state index in [0.29, 0.717) is 12.6 Å². The number of fused-ring (bicyclic) bond motifs is 1. The molecule has 1 aliphatic heterocycles. The van der Waals surface area contributed by atoms with Gasteiger partial charge in [0, 0.05) is 25.0 Å². The maximum atomic E-state index is 12.2. The molecule has 0 unspecified atom stereocenters. The lowest BCUT2D eigenvalue weighted by Gasteiger charge is -2.25. The van der Waals surface area contributed by atoms with Crippen LogP contribution in [0.3, 0.4) is 0 Å². The summed E-state index contributed by atoms with van der Waals surface area (Å²) in [5, 5.41) is 7.54. The molecule has 0 saturated heterocycles. The second-order valence-electron chi connectivity index (χ2n) is 6.40. The number of carbonyl (C=O) groups excluding carboxylic acids is 1. The van der Waals surface area contributed by atoms with E-state index in [9.17, 15) is 4.79 Å². The van der Waals surface area contributed by atoms with Crippen molar-refractivity contribution in [1.29, 1.82) is 0 Å². The van der Waals surface area contributed by atoms with Crippen molar-refractivity contribution in [3.05, 3.63) is 47.8 Å². The Hall–Kier alpha value is -2.30. The molecule has 2 aromatic rings. The summed E-state index contributed by atoms with van der Waals surface area (Å²) >= 11 is 0. The Balaban J connectivity index is 1.63. The SMILES string of the molecule is O=C1NCCN(Cc2ccnn2C2CCCC2)c2ccccc21.